The van der Waals surface area contributed by atoms with Gasteiger partial charge in [0.25, 0.3) is 0 Å². The number of nitrogens with one attached hydrogen (secondary N) is 1. The van der Waals surface area contributed by atoms with Crippen molar-refractivity contribution in [1.82, 2.24) is 5.48 Å². The van der Waals surface area contributed by atoms with Crippen LogP contribution < -0.4 is 5.48 Å². The largest absolute Gasteiger partial charge is 0.479 e. The first-order valence-electron chi connectivity index (χ1n) is 6.27. The van der Waals surface area contributed by atoms with Crippen LogP contribution in [0, 0.1) is 5.92 Å². The van der Waals surface area contributed by atoms with Crippen molar-refractivity contribution < 1.29 is 24.0 Å². The van der Waals surface area contributed by atoms with Crippen LogP contribution in [-0.2, 0) is 20.8 Å². The molecular weight excluding hydrogens is 250 g/mol. The molecule has 1 saturated carbocycles. The van der Waals surface area contributed by atoms with E-state index in [4.69, 9.17) is 9.52 Å². The third-order valence-corrected chi connectivity index (χ3v) is 3.14. The van der Waals surface area contributed by atoms with E-state index in [0.29, 0.717) is 18.3 Å². The van der Waals surface area contributed by atoms with Crippen molar-refractivity contribution >= 4 is 11.9 Å². The molecule has 0 aromatic carbocycles. The standard InChI is InChI=1S/C13H17NO5/c1-8-6-10(8)11-4-2-9(19-11)3-5-12(15)14-18-7-13(16)17/h2,4,8,10H,3,5-7H2,1H3,(H,14,15)(H,16,17). The van der Waals surface area contributed by atoms with E-state index >= 15 is 0 Å². The van der Waals surface area contributed by atoms with Crippen LogP contribution in [0.3, 0.4) is 0 Å². The number of amides is 1. The van der Waals surface area contributed by atoms with Gasteiger partial charge in [-0.05, 0) is 24.5 Å². The molecule has 1 heterocycles. The summed E-state index contributed by atoms with van der Waals surface area (Å²) in [4.78, 5) is 26.0. The fourth-order valence-electron chi connectivity index (χ4n) is 1.91. The summed E-state index contributed by atoms with van der Waals surface area (Å²) < 4.78 is 5.66. The summed E-state index contributed by atoms with van der Waals surface area (Å²) in [5, 5.41) is 8.33. The van der Waals surface area contributed by atoms with Crippen molar-refractivity contribution in [2.75, 3.05) is 6.61 Å². The summed E-state index contributed by atoms with van der Waals surface area (Å²) in [6, 6.07) is 3.84. The van der Waals surface area contributed by atoms with Crippen molar-refractivity contribution in [3.63, 3.8) is 0 Å². The van der Waals surface area contributed by atoms with Crippen LogP contribution in [0.5, 0.6) is 0 Å². The maximum atomic E-state index is 11.3. The molecule has 1 amide bonds. The highest BCUT2D eigenvalue weighted by Crippen LogP contribution is 2.47. The van der Waals surface area contributed by atoms with Crippen LogP contribution in [0.1, 0.15) is 37.2 Å². The fourth-order valence-corrected chi connectivity index (χ4v) is 1.91. The zero-order chi connectivity index (χ0) is 13.8. The second-order valence-corrected chi connectivity index (χ2v) is 4.83. The van der Waals surface area contributed by atoms with Crippen molar-refractivity contribution in [3.8, 4) is 0 Å². The average molecular weight is 267 g/mol. The molecule has 0 aliphatic heterocycles. The highest BCUT2D eigenvalue weighted by Gasteiger charge is 2.36. The minimum Gasteiger partial charge on any atom is -0.479 e. The van der Waals surface area contributed by atoms with Crippen LogP contribution in [0.2, 0.25) is 0 Å². The molecule has 6 heteroatoms. The van der Waals surface area contributed by atoms with E-state index in [1.807, 2.05) is 12.1 Å². The third kappa shape index (κ3) is 4.10. The second-order valence-electron chi connectivity index (χ2n) is 4.83. The van der Waals surface area contributed by atoms with Crippen molar-refractivity contribution in [2.24, 2.45) is 5.92 Å². The Morgan fingerprint density at radius 2 is 2.26 bits per heavy atom. The van der Waals surface area contributed by atoms with E-state index < -0.39 is 12.6 Å². The number of carboxylic acids is 1. The first-order valence-corrected chi connectivity index (χ1v) is 6.27. The molecular formula is C13H17NO5. The number of rotatable bonds is 7. The Morgan fingerprint density at radius 3 is 2.89 bits per heavy atom. The molecule has 2 rings (SSSR count). The van der Waals surface area contributed by atoms with Gasteiger partial charge < -0.3 is 9.52 Å². The van der Waals surface area contributed by atoms with Gasteiger partial charge in [-0.15, -0.1) is 0 Å². The highest BCUT2D eigenvalue weighted by atomic mass is 16.7. The normalized spacial score (nSPS) is 21.1. The van der Waals surface area contributed by atoms with Crippen molar-refractivity contribution in [3.05, 3.63) is 23.7 Å². The van der Waals surface area contributed by atoms with Gasteiger partial charge in [0.05, 0.1) is 0 Å². The Kier molecular flexibility index (Phi) is 4.21. The predicted octanol–water partition coefficient (Wildman–Crippen LogP) is 1.47. The SMILES string of the molecule is CC1CC1c1ccc(CCC(=O)NOCC(=O)O)o1. The van der Waals surface area contributed by atoms with E-state index in [2.05, 4.69) is 17.2 Å². The average Bonchev–Trinajstić information content (AvgIpc) is 2.90. The molecule has 1 fully saturated rings. The Morgan fingerprint density at radius 1 is 1.53 bits per heavy atom. The minimum absolute atomic E-state index is 0.201. The molecule has 2 atom stereocenters. The summed E-state index contributed by atoms with van der Waals surface area (Å²) in [5.41, 5.74) is 2.07. The zero-order valence-corrected chi connectivity index (χ0v) is 10.7. The number of hydrogen-bond acceptors (Lipinski definition) is 4. The quantitative estimate of drug-likeness (QED) is 0.730. The van der Waals surface area contributed by atoms with Crippen LogP contribution in [0.4, 0.5) is 0 Å². The van der Waals surface area contributed by atoms with Crippen LogP contribution in [0.15, 0.2) is 16.5 Å². The number of carbonyl (C=O) groups excluding carboxylic acids is 1. The number of aliphatic carboxylic acids is 1. The topological polar surface area (TPSA) is 88.8 Å². The molecule has 0 saturated heterocycles. The fraction of sp³-hybridized carbons (Fsp3) is 0.538. The monoisotopic (exact) mass is 267 g/mol. The van der Waals surface area contributed by atoms with Crippen LogP contribution >= 0.6 is 0 Å². The molecule has 0 spiro atoms. The number of furan rings is 1. The first kappa shape index (κ1) is 13.6. The molecule has 1 aromatic heterocycles. The number of carbonyl (C=O) groups is 2. The van der Waals surface area contributed by atoms with E-state index in [1.165, 1.54) is 0 Å². The molecule has 104 valence electrons. The van der Waals surface area contributed by atoms with Crippen LogP contribution in [-0.4, -0.2) is 23.6 Å². The molecule has 2 unspecified atom stereocenters. The van der Waals surface area contributed by atoms with E-state index in [0.717, 1.165) is 17.9 Å². The summed E-state index contributed by atoms with van der Waals surface area (Å²) in [6.07, 6.45) is 1.84. The number of hydrogen-bond donors (Lipinski definition) is 2. The van der Waals surface area contributed by atoms with Gasteiger partial charge >= 0.3 is 5.97 Å². The predicted molar refractivity (Wildman–Crippen MR) is 65.3 cm³/mol. The Hall–Kier alpha value is -1.82. The summed E-state index contributed by atoms with van der Waals surface area (Å²) >= 11 is 0. The molecule has 0 bridgehead atoms. The third-order valence-electron chi connectivity index (χ3n) is 3.14. The summed E-state index contributed by atoms with van der Waals surface area (Å²) in [6.45, 7) is 1.64. The minimum atomic E-state index is -1.13. The van der Waals surface area contributed by atoms with Gasteiger partial charge in [0.1, 0.15) is 11.5 Å². The number of hydroxylamine groups is 1. The lowest BCUT2D eigenvalue weighted by atomic mass is 10.2. The lowest BCUT2D eigenvalue weighted by Crippen LogP contribution is -2.26. The highest BCUT2D eigenvalue weighted by molar-refractivity contribution is 5.75. The van der Waals surface area contributed by atoms with Gasteiger partial charge in [-0.1, -0.05) is 6.92 Å². The lowest BCUT2D eigenvalue weighted by molar-refractivity contribution is -0.149. The second kappa shape index (κ2) is 5.88. The van der Waals surface area contributed by atoms with E-state index in [-0.39, 0.29) is 12.3 Å². The summed E-state index contributed by atoms with van der Waals surface area (Å²) in [7, 11) is 0. The Balaban J connectivity index is 1.68. The van der Waals surface area contributed by atoms with Gasteiger partial charge in [0.15, 0.2) is 6.61 Å². The molecule has 0 radical (unpaired) electrons. The van der Waals surface area contributed by atoms with Gasteiger partial charge in [0.2, 0.25) is 5.91 Å². The van der Waals surface area contributed by atoms with Gasteiger partial charge in [-0.25, -0.2) is 10.3 Å². The Labute approximate surface area is 110 Å². The summed E-state index contributed by atoms with van der Waals surface area (Å²) in [5.74, 6) is 1.48. The van der Waals surface area contributed by atoms with Crippen molar-refractivity contribution in [2.45, 2.75) is 32.1 Å². The first-order chi connectivity index (χ1) is 9.06. The van der Waals surface area contributed by atoms with E-state index in [1.54, 1.807) is 0 Å². The maximum Gasteiger partial charge on any atom is 0.332 e. The molecule has 1 aromatic rings. The molecule has 6 nitrogen and oxygen atoms in total. The van der Waals surface area contributed by atoms with Crippen molar-refractivity contribution in [1.29, 1.82) is 0 Å². The zero-order valence-electron chi connectivity index (χ0n) is 10.7. The maximum absolute atomic E-state index is 11.3. The van der Waals surface area contributed by atoms with Gasteiger partial charge in [-0.3, -0.25) is 9.63 Å². The van der Waals surface area contributed by atoms with Gasteiger partial charge in [0, 0.05) is 18.8 Å². The molecule has 19 heavy (non-hydrogen) atoms. The smallest absolute Gasteiger partial charge is 0.332 e. The lowest BCUT2D eigenvalue weighted by Gasteiger charge is -2.02. The Bertz CT molecular complexity index is 467. The molecule has 1 aliphatic carbocycles. The molecule has 2 N–H and O–H groups in total. The number of aryl methyl sites for hydroxylation is 1. The molecule has 1 aliphatic rings. The number of carboxylic acid groups (broad SMARTS) is 1. The van der Waals surface area contributed by atoms with Gasteiger partial charge in [-0.2, -0.15) is 0 Å². The van der Waals surface area contributed by atoms with E-state index in [9.17, 15) is 9.59 Å². The van der Waals surface area contributed by atoms with Crippen LogP contribution in [0.25, 0.3) is 0 Å².